The van der Waals surface area contributed by atoms with Crippen LogP contribution < -0.4 is 9.47 Å². The van der Waals surface area contributed by atoms with E-state index in [4.69, 9.17) is 9.47 Å². The molecule has 6 nitrogen and oxygen atoms in total. The third-order valence-electron chi connectivity index (χ3n) is 3.06. The van der Waals surface area contributed by atoms with Gasteiger partial charge in [0.15, 0.2) is 11.5 Å². The molecular formula is C14H12N2O4. The first-order chi connectivity index (χ1) is 9.56. The van der Waals surface area contributed by atoms with Crippen LogP contribution in [0, 0.1) is 13.8 Å². The Morgan fingerprint density at radius 2 is 1.95 bits per heavy atom. The molecule has 1 aliphatic rings. The zero-order chi connectivity index (χ0) is 14.3. The van der Waals surface area contributed by atoms with Crippen LogP contribution in [-0.2, 0) is 0 Å². The van der Waals surface area contributed by atoms with Crippen molar-refractivity contribution in [2.75, 3.05) is 6.79 Å². The molecule has 1 N–H and O–H groups in total. The summed E-state index contributed by atoms with van der Waals surface area (Å²) in [6, 6.07) is 5.24. The van der Waals surface area contributed by atoms with Gasteiger partial charge in [0.2, 0.25) is 6.79 Å². The predicted octanol–water partition coefficient (Wildman–Crippen LogP) is 2.19. The number of hydrogen-bond donors (Lipinski definition) is 1. The van der Waals surface area contributed by atoms with Crippen molar-refractivity contribution in [3.8, 4) is 22.8 Å². The van der Waals surface area contributed by atoms with Crippen LogP contribution in [0.1, 0.15) is 21.9 Å². The Morgan fingerprint density at radius 3 is 2.70 bits per heavy atom. The van der Waals surface area contributed by atoms with Crippen LogP contribution in [0.15, 0.2) is 18.2 Å². The number of hydrogen-bond acceptors (Lipinski definition) is 5. The van der Waals surface area contributed by atoms with Gasteiger partial charge in [0.1, 0.15) is 11.4 Å². The number of aromatic nitrogens is 2. The molecule has 0 spiro atoms. The smallest absolute Gasteiger partial charge is 0.339 e. The summed E-state index contributed by atoms with van der Waals surface area (Å²) in [4.78, 5) is 19.8. The third-order valence-corrected chi connectivity index (χ3v) is 3.06. The Kier molecular flexibility index (Phi) is 2.78. The molecule has 0 radical (unpaired) electrons. The minimum atomic E-state index is -1.05. The molecule has 0 saturated heterocycles. The second-order valence-corrected chi connectivity index (χ2v) is 4.45. The van der Waals surface area contributed by atoms with Crippen molar-refractivity contribution >= 4 is 5.97 Å². The van der Waals surface area contributed by atoms with E-state index in [1.165, 1.54) is 0 Å². The SMILES string of the molecule is Cc1nc(C)c(C(=O)O)c(-c2ccc3c(c2)OCO3)n1. The molecule has 102 valence electrons. The minimum Gasteiger partial charge on any atom is -0.478 e. The van der Waals surface area contributed by atoms with Crippen molar-refractivity contribution in [1.82, 2.24) is 9.97 Å². The average Bonchev–Trinajstić information content (AvgIpc) is 2.84. The first kappa shape index (κ1) is 12.4. The zero-order valence-corrected chi connectivity index (χ0v) is 11.0. The van der Waals surface area contributed by atoms with Gasteiger partial charge in [0.25, 0.3) is 0 Å². The molecule has 0 amide bonds. The summed E-state index contributed by atoms with van der Waals surface area (Å²) in [5.74, 6) is 0.719. The van der Waals surface area contributed by atoms with Crippen LogP contribution in [0.2, 0.25) is 0 Å². The fraction of sp³-hybridized carbons (Fsp3) is 0.214. The minimum absolute atomic E-state index is 0.106. The highest BCUT2D eigenvalue weighted by molar-refractivity contribution is 5.96. The lowest BCUT2D eigenvalue weighted by Crippen LogP contribution is -2.08. The maximum absolute atomic E-state index is 11.4. The van der Waals surface area contributed by atoms with E-state index in [-0.39, 0.29) is 12.4 Å². The standard InChI is InChI=1S/C14H12N2O4/c1-7-12(14(17)18)13(16-8(2)15-7)9-3-4-10-11(5-9)20-6-19-10/h3-5H,6H2,1-2H3,(H,17,18). The summed E-state index contributed by atoms with van der Waals surface area (Å²) in [5.41, 5.74) is 1.60. The lowest BCUT2D eigenvalue weighted by molar-refractivity contribution is 0.0696. The summed E-state index contributed by atoms with van der Waals surface area (Å²) in [7, 11) is 0. The van der Waals surface area contributed by atoms with Crippen molar-refractivity contribution in [2.45, 2.75) is 13.8 Å². The van der Waals surface area contributed by atoms with Gasteiger partial charge >= 0.3 is 5.97 Å². The normalized spacial score (nSPS) is 12.5. The first-order valence-corrected chi connectivity index (χ1v) is 6.05. The molecule has 1 aromatic heterocycles. The van der Waals surface area contributed by atoms with Gasteiger partial charge in [0, 0.05) is 5.56 Å². The summed E-state index contributed by atoms with van der Waals surface area (Å²) >= 11 is 0. The number of rotatable bonds is 2. The topological polar surface area (TPSA) is 81.5 Å². The van der Waals surface area contributed by atoms with E-state index >= 15 is 0 Å². The molecule has 0 unspecified atom stereocenters. The van der Waals surface area contributed by atoms with Gasteiger partial charge in [-0.1, -0.05) is 0 Å². The fourth-order valence-corrected chi connectivity index (χ4v) is 2.22. The molecule has 20 heavy (non-hydrogen) atoms. The number of ether oxygens (including phenoxy) is 2. The highest BCUT2D eigenvalue weighted by Crippen LogP contribution is 2.36. The zero-order valence-electron chi connectivity index (χ0n) is 11.0. The second-order valence-electron chi connectivity index (χ2n) is 4.45. The maximum atomic E-state index is 11.4. The van der Waals surface area contributed by atoms with E-state index < -0.39 is 5.97 Å². The van der Waals surface area contributed by atoms with E-state index in [1.807, 2.05) is 0 Å². The molecule has 2 aromatic rings. The van der Waals surface area contributed by atoms with Gasteiger partial charge in [0.05, 0.1) is 11.4 Å². The van der Waals surface area contributed by atoms with Crippen LogP contribution in [0.3, 0.4) is 0 Å². The largest absolute Gasteiger partial charge is 0.478 e. The molecule has 1 aromatic carbocycles. The van der Waals surface area contributed by atoms with Crippen molar-refractivity contribution < 1.29 is 19.4 Å². The number of fused-ring (bicyclic) bond motifs is 1. The number of carboxylic acid groups (broad SMARTS) is 1. The average molecular weight is 272 g/mol. The third kappa shape index (κ3) is 1.95. The highest BCUT2D eigenvalue weighted by atomic mass is 16.7. The molecule has 0 atom stereocenters. The van der Waals surface area contributed by atoms with Crippen LogP contribution in [0.25, 0.3) is 11.3 Å². The molecule has 3 rings (SSSR count). The number of aromatic carboxylic acids is 1. The molecular weight excluding hydrogens is 260 g/mol. The Bertz CT molecular complexity index is 713. The molecule has 2 heterocycles. The number of benzene rings is 1. The number of carboxylic acids is 1. The summed E-state index contributed by atoms with van der Waals surface area (Å²) in [5, 5.41) is 9.36. The lowest BCUT2D eigenvalue weighted by atomic mass is 10.0. The van der Waals surface area contributed by atoms with Crippen LogP contribution in [0.5, 0.6) is 11.5 Å². The van der Waals surface area contributed by atoms with E-state index in [0.29, 0.717) is 34.3 Å². The molecule has 0 saturated carbocycles. The van der Waals surface area contributed by atoms with Gasteiger partial charge in [-0.05, 0) is 32.0 Å². The first-order valence-electron chi connectivity index (χ1n) is 6.05. The predicted molar refractivity (Wildman–Crippen MR) is 70.0 cm³/mol. The van der Waals surface area contributed by atoms with Gasteiger partial charge in [-0.15, -0.1) is 0 Å². The molecule has 1 aliphatic heterocycles. The van der Waals surface area contributed by atoms with Crippen molar-refractivity contribution in [2.24, 2.45) is 0 Å². The monoisotopic (exact) mass is 272 g/mol. The summed E-state index contributed by atoms with van der Waals surface area (Å²) in [6.45, 7) is 3.57. The quantitative estimate of drug-likeness (QED) is 0.902. The van der Waals surface area contributed by atoms with Crippen molar-refractivity contribution in [3.05, 3.63) is 35.3 Å². The van der Waals surface area contributed by atoms with Crippen LogP contribution in [0.4, 0.5) is 0 Å². The Labute approximate surface area is 115 Å². The Hall–Kier alpha value is -2.63. The fourth-order valence-electron chi connectivity index (χ4n) is 2.22. The van der Waals surface area contributed by atoms with E-state index in [9.17, 15) is 9.90 Å². The summed E-state index contributed by atoms with van der Waals surface area (Å²) < 4.78 is 10.6. The van der Waals surface area contributed by atoms with Gasteiger partial charge in [-0.3, -0.25) is 0 Å². The van der Waals surface area contributed by atoms with Gasteiger partial charge in [-0.25, -0.2) is 14.8 Å². The van der Waals surface area contributed by atoms with E-state index in [2.05, 4.69) is 9.97 Å². The lowest BCUT2D eigenvalue weighted by Gasteiger charge is -2.09. The number of aryl methyl sites for hydroxylation is 2. The molecule has 0 aliphatic carbocycles. The highest BCUT2D eigenvalue weighted by Gasteiger charge is 2.21. The molecule has 6 heteroatoms. The Balaban J connectivity index is 2.21. The number of carbonyl (C=O) groups is 1. The Morgan fingerprint density at radius 1 is 1.20 bits per heavy atom. The molecule has 0 bridgehead atoms. The maximum Gasteiger partial charge on any atom is 0.339 e. The van der Waals surface area contributed by atoms with Gasteiger partial charge < -0.3 is 14.6 Å². The number of nitrogens with zero attached hydrogens (tertiary/aromatic N) is 2. The second kappa shape index (κ2) is 4.48. The van der Waals surface area contributed by atoms with E-state index in [1.54, 1.807) is 32.0 Å². The van der Waals surface area contributed by atoms with E-state index in [0.717, 1.165) is 0 Å². The van der Waals surface area contributed by atoms with Gasteiger partial charge in [-0.2, -0.15) is 0 Å². The van der Waals surface area contributed by atoms with Crippen LogP contribution in [-0.4, -0.2) is 27.8 Å². The van der Waals surface area contributed by atoms with Crippen LogP contribution >= 0.6 is 0 Å². The molecule has 0 fully saturated rings. The summed E-state index contributed by atoms with van der Waals surface area (Å²) in [6.07, 6.45) is 0. The van der Waals surface area contributed by atoms with Crippen molar-refractivity contribution in [1.29, 1.82) is 0 Å². The van der Waals surface area contributed by atoms with Crippen molar-refractivity contribution in [3.63, 3.8) is 0 Å².